The van der Waals surface area contributed by atoms with Crippen LogP contribution in [0.3, 0.4) is 0 Å². The van der Waals surface area contributed by atoms with Gasteiger partial charge in [-0.15, -0.1) is 0 Å². The average molecular weight is 606 g/mol. The van der Waals surface area contributed by atoms with Gasteiger partial charge in [0.2, 0.25) is 11.6 Å². The number of halogens is 2. The molecule has 1 fully saturated rings. The summed E-state index contributed by atoms with van der Waals surface area (Å²) in [4.78, 5) is 23.4. The molecule has 2 aliphatic rings. The minimum atomic E-state index is -0.715. The Morgan fingerprint density at radius 3 is 2.52 bits per heavy atom. The third-order valence-corrected chi connectivity index (χ3v) is 7.43. The van der Waals surface area contributed by atoms with E-state index in [1.807, 2.05) is 0 Å². The van der Waals surface area contributed by atoms with Crippen molar-refractivity contribution in [3.05, 3.63) is 72.1 Å². The highest BCUT2D eigenvalue weighted by molar-refractivity contribution is 5.94. The second kappa shape index (κ2) is 13.7. The number of urea groups is 1. The van der Waals surface area contributed by atoms with Crippen LogP contribution < -0.4 is 29.6 Å². The lowest BCUT2D eigenvalue weighted by molar-refractivity contribution is 0.161. The highest BCUT2D eigenvalue weighted by Gasteiger charge is 2.26. The number of rotatable bonds is 10. The number of anilines is 1. The first kappa shape index (κ1) is 29.4. The van der Waals surface area contributed by atoms with E-state index in [-0.39, 0.29) is 29.7 Å². The number of hydrogen-bond donors (Lipinski definition) is 2. The highest BCUT2D eigenvalue weighted by atomic mass is 19.1. The van der Waals surface area contributed by atoms with Gasteiger partial charge in [-0.1, -0.05) is 18.6 Å². The first-order valence-corrected chi connectivity index (χ1v) is 14.7. The summed E-state index contributed by atoms with van der Waals surface area (Å²) >= 11 is 0. The molecule has 4 aromatic rings. The Morgan fingerprint density at radius 1 is 0.932 bits per heavy atom. The maximum Gasteiger partial charge on any atom is 0.319 e. The van der Waals surface area contributed by atoms with Crippen molar-refractivity contribution < 1.29 is 32.5 Å². The third kappa shape index (κ3) is 7.08. The van der Waals surface area contributed by atoms with E-state index >= 15 is 4.39 Å². The van der Waals surface area contributed by atoms with Crippen LogP contribution in [0.15, 0.2) is 54.9 Å². The SMILES string of the molecule is O=C(NCc1ccc(F)cc1)Nc1ccc(Oc2ncnc3cc(OCCCN4CCCCC4)c4c(c23)OCCO4)c(F)c1. The Morgan fingerprint density at radius 2 is 1.73 bits per heavy atom. The fourth-order valence-electron chi connectivity index (χ4n) is 5.25. The van der Waals surface area contributed by atoms with Crippen LogP contribution in [0.5, 0.6) is 28.9 Å². The monoisotopic (exact) mass is 605 g/mol. The minimum Gasteiger partial charge on any atom is -0.489 e. The molecule has 10 nitrogen and oxygen atoms in total. The smallest absolute Gasteiger partial charge is 0.319 e. The summed E-state index contributed by atoms with van der Waals surface area (Å²) in [5, 5.41) is 5.65. The maximum absolute atomic E-state index is 15.1. The number of carbonyl (C=O) groups is 1. The van der Waals surface area contributed by atoms with Crippen LogP contribution in [0.25, 0.3) is 10.9 Å². The molecule has 0 atom stereocenters. The third-order valence-electron chi connectivity index (χ3n) is 7.43. The predicted octanol–water partition coefficient (Wildman–Crippen LogP) is 6.05. The molecule has 44 heavy (non-hydrogen) atoms. The number of carbonyl (C=O) groups excluding carboxylic acids is 1. The average Bonchev–Trinajstić information content (AvgIpc) is 3.04. The van der Waals surface area contributed by atoms with E-state index < -0.39 is 11.8 Å². The molecule has 2 N–H and O–H groups in total. The molecular formula is C32H33F2N5O5. The summed E-state index contributed by atoms with van der Waals surface area (Å²) in [5.74, 6) is 0.248. The lowest BCUT2D eigenvalue weighted by Crippen LogP contribution is -2.31. The fourth-order valence-corrected chi connectivity index (χ4v) is 5.25. The Balaban J connectivity index is 1.14. The first-order chi connectivity index (χ1) is 21.5. The molecule has 3 heterocycles. The van der Waals surface area contributed by atoms with E-state index in [9.17, 15) is 9.18 Å². The normalized spacial score (nSPS) is 14.7. The quantitative estimate of drug-likeness (QED) is 0.211. The van der Waals surface area contributed by atoms with E-state index in [4.69, 9.17) is 18.9 Å². The zero-order valence-electron chi connectivity index (χ0n) is 24.1. The molecule has 0 spiro atoms. The summed E-state index contributed by atoms with van der Waals surface area (Å²) in [6.45, 7) is 4.61. The summed E-state index contributed by atoms with van der Waals surface area (Å²) in [7, 11) is 0. The van der Waals surface area contributed by atoms with Crippen molar-refractivity contribution in [1.82, 2.24) is 20.2 Å². The number of likely N-dealkylation sites (tertiary alicyclic amines) is 1. The molecule has 0 aliphatic carbocycles. The molecule has 230 valence electrons. The van der Waals surface area contributed by atoms with Crippen LogP contribution in [-0.4, -0.2) is 60.4 Å². The molecule has 0 unspecified atom stereocenters. The van der Waals surface area contributed by atoms with Gasteiger partial charge in [0.25, 0.3) is 0 Å². The van der Waals surface area contributed by atoms with Crippen molar-refractivity contribution >= 4 is 22.6 Å². The largest absolute Gasteiger partial charge is 0.489 e. The molecule has 0 radical (unpaired) electrons. The van der Waals surface area contributed by atoms with Crippen LogP contribution in [0, 0.1) is 11.6 Å². The minimum absolute atomic E-state index is 0.0880. The second-order valence-electron chi connectivity index (χ2n) is 10.6. The predicted molar refractivity (Wildman–Crippen MR) is 160 cm³/mol. The standard InChI is InChI=1S/C32H33F2N5O5/c33-22-7-5-21(6-8-22)19-35-32(40)38-23-9-10-26(24(34)17-23)44-31-28-25(36-20-37-31)18-27(29-30(28)43-16-15-42-29)41-14-4-13-39-11-2-1-3-12-39/h5-10,17-18,20H,1-4,11-16,19H2,(H2,35,38,40). The Bertz CT molecular complexity index is 1620. The van der Waals surface area contributed by atoms with Gasteiger partial charge in [-0.2, -0.15) is 0 Å². The van der Waals surface area contributed by atoms with Crippen molar-refractivity contribution in [2.75, 3.05) is 44.8 Å². The Hall–Kier alpha value is -4.71. The number of nitrogens with one attached hydrogen (secondary N) is 2. The van der Waals surface area contributed by atoms with Crippen LogP contribution >= 0.6 is 0 Å². The molecule has 1 aromatic heterocycles. The zero-order valence-corrected chi connectivity index (χ0v) is 24.1. The van der Waals surface area contributed by atoms with Crippen molar-refractivity contribution in [2.45, 2.75) is 32.2 Å². The molecule has 3 aromatic carbocycles. The molecule has 0 bridgehead atoms. The van der Waals surface area contributed by atoms with Gasteiger partial charge in [0, 0.05) is 30.9 Å². The molecule has 2 amide bonds. The van der Waals surface area contributed by atoms with E-state index in [1.165, 1.54) is 49.9 Å². The number of piperidine rings is 1. The van der Waals surface area contributed by atoms with Crippen LogP contribution in [0.1, 0.15) is 31.2 Å². The summed E-state index contributed by atoms with van der Waals surface area (Å²) in [6.07, 6.45) is 6.00. The van der Waals surface area contributed by atoms with Crippen molar-refractivity contribution in [2.24, 2.45) is 0 Å². The van der Waals surface area contributed by atoms with Gasteiger partial charge in [-0.3, -0.25) is 0 Å². The topological polar surface area (TPSA) is 107 Å². The first-order valence-electron chi connectivity index (χ1n) is 14.7. The van der Waals surface area contributed by atoms with Crippen molar-refractivity contribution in [3.63, 3.8) is 0 Å². The Kier molecular flexibility index (Phi) is 9.16. The van der Waals surface area contributed by atoms with Gasteiger partial charge in [-0.25, -0.2) is 23.5 Å². The molecule has 2 aliphatic heterocycles. The van der Waals surface area contributed by atoms with E-state index in [1.54, 1.807) is 18.2 Å². The van der Waals surface area contributed by atoms with Crippen molar-refractivity contribution in [3.8, 4) is 28.9 Å². The maximum atomic E-state index is 15.1. The molecule has 6 rings (SSSR count). The second-order valence-corrected chi connectivity index (χ2v) is 10.6. The fraction of sp³-hybridized carbons (Fsp3) is 0.344. The van der Waals surface area contributed by atoms with Crippen LogP contribution in [0.2, 0.25) is 0 Å². The highest BCUT2D eigenvalue weighted by Crippen LogP contribution is 2.48. The van der Waals surface area contributed by atoms with Gasteiger partial charge in [0.1, 0.15) is 30.7 Å². The Labute approximate surface area is 253 Å². The summed E-state index contributed by atoms with van der Waals surface area (Å²) in [5.41, 5.74) is 1.44. The van der Waals surface area contributed by atoms with Gasteiger partial charge >= 0.3 is 6.03 Å². The van der Waals surface area contributed by atoms with E-state index in [0.29, 0.717) is 48.0 Å². The lowest BCUT2D eigenvalue weighted by Gasteiger charge is -2.26. The van der Waals surface area contributed by atoms with Gasteiger partial charge in [0.05, 0.1) is 12.1 Å². The summed E-state index contributed by atoms with van der Waals surface area (Å²) < 4.78 is 52.1. The number of nitrogens with zero attached hydrogens (tertiary/aromatic N) is 3. The van der Waals surface area contributed by atoms with Crippen molar-refractivity contribution in [1.29, 1.82) is 0 Å². The molecule has 0 saturated carbocycles. The van der Waals surface area contributed by atoms with Gasteiger partial charge in [-0.05, 0) is 62.2 Å². The van der Waals surface area contributed by atoms with Gasteiger partial charge in [0.15, 0.2) is 23.1 Å². The molecule has 12 heteroatoms. The van der Waals surface area contributed by atoms with Crippen LogP contribution in [0.4, 0.5) is 19.3 Å². The summed E-state index contributed by atoms with van der Waals surface area (Å²) in [6, 6.07) is 11.0. The zero-order chi connectivity index (χ0) is 30.3. The van der Waals surface area contributed by atoms with E-state index in [2.05, 4.69) is 25.5 Å². The molecule has 1 saturated heterocycles. The number of aromatic nitrogens is 2. The van der Waals surface area contributed by atoms with Gasteiger partial charge < -0.3 is 34.5 Å². The number of fused-ring (bicyclic) bond motifs is 3. The number of benzene rings is 3. The van der Waals surface area contributed by atoms with Crippen LogP contribution in [-0.2, 0) is 6.54 Å². The van der Waals surface area contributed by atoms with E-state index in [0.717, 1.165) is 37.7 Å². The number of hydrogen-bond acceptors (Lipinski definition) is 8. The molecular weight excluding hydrogens is 572 g/mol. The lowest BCUT2D eigenvalue weighted by atomic mass is 10.1. The number of ether oxygens (including phenoxy) is 4. The number of amides is 2.